The third-order valence-corrected chi connectivity index (χ3v) is 4.34. The lowest BCUT2D eigenvalue weighted by atomic mass is 10.2. The van der Waals surface area contributed by atoms with Crippen molar-refractivity contribution in [3.8, 4) is 5.75 Å². The SMILES string of the molecule is Nc1ncc(CN2CCOc3ccc(Br)cc3C2)s1. The van der Waals surface area contributed by atoms with Crippen molar-refractivity contribution in [1.29, 1.82) is 0 Å². The Hall–Kier alpha value is -1.11. The van der Waals surface area contributed by atoms with Crippen molar-refractivity contribution in [2.24, 2.45) is 0 Å². The highest BCUT2D eigenvalue weighted by Crippen LogP contribution is 2.27. The van der Waals surface area contributed by atoms with Gasteiger partial charge in [0.1, 0.15) is 12.4 Å². The molecule has 1 aromatic heterocycles. The second-order valence-corrected chi connectivity index (χ2v) is 6.54. The van der Waals surface area contributed by atoms with E-state index < -0.39 is 0 Å². The molecule has 4 nitrogen and oxygen atoms in total. The minimum Gasteiger partial charge on any atom is -0.492 e. The summed E-state index contributed by atoms with van der Waals surface area (Å²) in [6, 6.07) is 6.15. The predicted octanol–water partition coefficient (Wildman–Crippen LogP) is 2.88. The number of nitrogens with zero attached hydrogens (tertiary/aromatic N) is 2. The highest BCUT2D eigenvalue weighted by atomic mass is 79.9. The lowest BCUT2D eigenvalue weighted by molar-refractivity contribution is 0.221. The van der Waals surface area contributed by atoms with E-state index in [0.717, 1.165) is 29.9 Å². The molecule has 0 amide bonds. The highest BCUT2D eigenvalue weighted by Gasteiger charge is 2.16. The summed E-state index contributed by atoms with van der Waals surface area (Å²) in [6.07, 6.45) is 1.85. The van der Waals surface area contributed by atoms with E-state index in [9.17, 15) is 0 Å². The van der Waals surface area contributed by atoms with Crippen LogP contribution < -0.4 is 10.5 Å². The van der Waals surface area contributed by atoms with Crippen molar-refractivity contribution in [1.82, 2.24) is 9.88 Å². The van der Waals surface area contributed by atoms with Gasteiger partial charge in [0.15, 0.2) is 5.13 Å². The van der Waals surface area contributed by atoms with E-state index in [1.165, 1.54) is 10.4 Å². The van der Waals surface area contributed by atoms with E-state index in [4.69, 9.17) is 10.5 Å². The number of hydrogen-bond donors (Lipinski definition) is 1. The van der Waals surface area contributed by atoms with Gasteiger partial charge in [-0.05, 0) is 18.2 Å². The van der Waals surface area contributed by atoms with Gasteiger partial charge in [0.05, 0.1) is 0 Å². The minimum absolute atomic E-state index is 0.629. The minimum atomic E-state index is 0.629. The first-order valence-corrected chi connectivity index (χ1v) is 7.65. The maximum absolute atomic E-state index is 5.78. The van der Waals surface area contributed by atoms with Gasteiger partial charge in [0.2, 0.25) is 0 Å². The van der Waals surface area contributed by atoms with E-state index >= 15 is 0 Å². The summed E-state index contributed by atoms with van der Waals surface area (Å²) < 4.78 is 6.86. The Morgan fingerprint density at radius 3 is 3.16 bits per heavy atom. The lowest BCUT2D eigenvalue weighted by Crippen LogP contribution is -2.24. The summed E-state index contributed by atoms with van der Waals surface area (Å²) in [5.74, 6) is 0.981. The summed E-state index contributed by atoms with van der Waals surface area (Å²) >= 11 is 5.06. The molecule has 0 fully saturated rings. The smallest absolute Gasteiger partial charge is 0.180 e. The molecule has 2 heterocycles. The van der Waals surface area contributed by atoms with Gasteiger partial charge < -0.3 is 10.5 Å². The quantitative estimate of drug-likeness (QED) is 0.913. The number of thiazole rings is 1. The largest absolute Gasteiger partial charge is 0.492 e. The monoisotopic (exact) mass is 339 g/mol. The third-order valence-electron chi connectivity index (χ3n) is 3.03. The van der Waals surface area contributed by atoms with Crippen LogP contribution in [0.2, 0.25) is 0 Å². The molecule has 0 spiro atoms. The number of nitrogen functional groups attached to an aromatic ring is 1. The van der Waals surface area contributed by atoms with Crippen LogP contribution in [-0.2, 0) is 13.1 Å². The third kappa shape index (κ3) is 3.08. The fourth-order valence-corrected chi connectivity index (χ4v) is 3.30. The van der Waals surface area contributed by atoms with E-state index in [-0.39, 0.29) is 0 Å². The summed E-state index contributed by atoms with van der Waals surface area (Å²) in [7, 11) is 0. The molecule has 2 aromatic rings. The first kappa shape index (κ1) is 12.9. The predicted molar refractivity (Wildman–Crippen MR) is 80.3 cm³/mol. The molecule has 0 unspecified atom stereocenters. The normalized spacial score (nSPS) is 15.6. The molecule has 0 aliphatic carbocycles. The van der Waals surface area contributed by atoms with Gasteiger partial charge >= 0.3 is 0 Å². The zero-order valence-corrected chi connectivity index (χ0v) is 12.7. The molecule has 1 aliphatic heterocycles. The number of anilines is 1. The van der Waals surface area contributed by atoms with Crippen LogP contribution in [0.5, 0.6) is 5.75 Å². The molecule has 1 aliphatic rings. The Labute approximate surface area is 124 Å². The van der Waals surface area contributed by atoms with Crippen molar-refractivity contribution in [3.63, 3.8) is 0 Å². The van der Waals surface area contributed by atoms with Crippen LogP contribution in [0.1, 0.15) is 10.4 Å². The molecular weight excluding hydrogens is 326 g/mol. The van der Waals surface area contributed by atoms with E-state index in [0.29, 0.717) is 11.7 Å². The molecule has 0 saturated carbocycles. The fourth-order valence-electron chi connectivity index (χ4n) is 2.17. The van der Waals surface area contributed by atoms with Gasteiger partial charge in [0.25, 0.3) is 0 Å². The zero-order valence-electron chi connectivity index (χ0n) is 10.3. The fraction of sp³-hybridized carbons (Fsp3) is 0.308. The standard InChI is InChI=1S/C13H14BrN3OS/c14-10-1-2-12-9(5-10)7-17(3-4-18-12)8-11-6-16-13(15)19-11/h1-2,5-6H,3-4,7-8H2,(H2,15,16). The van der Waals surface area contributed by atoms with Crippen molar-refractivity contribution >= 4 is 32.4 Å². The van der Waals surface area contributed by atoms with Gasteiger partial charge in [-0.15, -0.1) is 11.3 Å². The Morgan fingerprint density at radius 1 is 1.47 bits per heavy atom. The Kier molecular flexibility index (Phi) is 3.72. The summed E-state index contributed by atoms with van der Waals surface area (Å²) in [6.45, 7) is 3.36. The number of rotatable bonds is 2. The maximum Gasteiger partial charge on any atom is 0.180 e. The molecule has 100 valence electrons. The number of ether oxygens (including phenoxy) is 1. The van der Waals surface area contributed by atoms with E-state index in [2.05, 4.69) is 31.9 Å². The first-order chi connectivity index (χ1) is 9.20. The summed E-state index contributed by atoms with van der Waals surface area (Å²) in [5, 5.41) is 0.629. The molecule has 0 saturated heterocycles. The molecule has 0 bridgehead atoms. The molecule has 6 heteroatoms. The molecule has 0 radical (unpaired) electrons. The highest BCUT2D eigenvalue weighted by molar-refractivity contribution is 9.10. The number of fused-ring (bicyclic) bond motifs is 1. The summed E-state index contributed by atoms with van der Waals surface area (Å²) in [4.78, 5) is 7.64. The van der Waals surface area contributed by atoms with Crippen LogP contribution in [0.4, 0.5) is 5.13 Å². The number of benzene rings is 1. The van der Waals surface area contributed by atoms with E-state index in [1.54, 1.807) is 11.3 Å². The molecular formula is C13H14BrN3OS. The van der Waals surface area contributed by atoms with Crippen LogP contribution in [0, 0.1) is 0 Å². The van der Waals surface area contributed by atoms with Crippen molar-refractivity contribution in [2.75, 3.05) is 18.9 Å². The van der Waals surface area contributed by atoms with Crippen LogP contribution >= 0.6 is 27.3 Å². The zero-order chi connectivity index (χ0) is 13.2. The lowest BCUT2D eigenvalue weighted by Gasteiger charge is -2.17. The average Bonchev–Trinajstić information content (AvgIpc) is 2.67. The summed E-state index contributed by atoms with van der Waals surface area (Å²) in [5.41, 5.74) is 6.88. The first-order valence-electron chi connectivity index (χ1n) is 6.04. The van der Waals surface area contributed by atoms with Crippen LogP contribution in [0.25, 0.3) is 0 Å². The van der Waals surface area contributed by atoms with Gasteiger partial charge in [0, 0.05) is 40.7 Å². The molecule has 0 atom stereocenters. The average molecular weight is 340 g/mol. The Morgan fingerprint density at radius 2 is 2.37 bits per heavy atom. The second kappa shape index (κ2) is 5.48. The Bertz CT molecular complexity index is 587. The van der Waals surface area contributed by atoms with Gasteiger partial charge in [-0.1, -0.05) is 15.9 Å². The second-order valence-electron chi connectivity index (χ2n) is 4.48. The van der Waals surface area contributed by atoms with Crippen molar-refractivity contribution < 1.29 is 4.74 Å². The number of aromatic nitrogens is 1. The van der Waals surface area contributed by atoms with Crippen LogP contribution in [-0.4, -0.2) is 23.0 Å². The van der Waals surface area contributed by atoms with E-state index in [1.807, 2.05) is 18.3 Å². The van der Waals surface area contributed by atoms with Crippen molar-refractivity contribution in [2.45, 2.75) is 13.1 Å². The van der Waals surface area contributed by atoms with Gasteiger partial charge in [-0.2, -0.15) is 0 Å². The molecule has 1 aromatic carbocycles. The van der Waals surface area contributed by atoms with Crippen molar-refractivity contribution in [3.05, 3.63) is 39.3 Å². The van der Waals surface area contributed by atoms with Gasteiger partial charge in [-0.3, -0.25) is 4.90 Å². The topological polar surface area (TPSA) is 51.4 Å². The number of hydrogen-bond acceptors (Lipinski definition) is 5. The number of nitrogens with two attached hydrogens (primary N) is 1. The number of halogens is 1. The van der Waals surface area contributed by atoms with Crippen LogP contribution in [0.15, 0.2) is 28.9 Å². The Balaban J connectivity index is 1.77. The molecule has 3 rings (SSSR count). The molecule has 19 heavy (non-hydrogen) atoms. The molecule has 2 N–H and O–H groups in total. The van der Waals surface area contributed by atoms with Crippen LogP contribution in [0.3, 0.4) is 0 Å². The van der Waals surface area contributed by atoms with Gasteiger partial charge in [-0.25, -0.2) is 4.98 Å². The maximum atomic E-state index is 5.78.